The molecule has 6 heterocycles. The molecular formula is C54H66N8O7. The average molecular weight is 939 g/mol. The number of ether oxygens (including phenoxy) is 1. The van der Waals surface area contributed by atoms with Gasteiger partial charge in [-0.15, -0.1) is 0 Å². The van der Waals surface area contributed by atoms with Crippen LogP contribution in [0.5, 0.6) is 5.75 Å². The number of aromatic nitrogens is 3. The summed E-state index contributed by atoms with van der Waals surface area (Å²) in [5.74, 6) is -1.03. The topological polar surface area (TPSA) is 179 Å². The number of H-pyrrole nitrogens is 1. The van der Waals surface area contributed by atoms with Crippen LogP contribution in [-0.2, 0) is 16.1 Å². The Hall–Kier alpha value is -6.61. The number of benzene rings is 2. The molecule has 0 aliphatic carbocycles. The first-order valence-electron chi connectivity index (χ1n) is 24.9. The fourth-order valence-corrected chi connectivity index (χ4v) is 10.1. The lowest BCUT2D eigenvalue weighted by molar-refractivity contribution is -0.136. The monoisotopic (exact) mass is 939 g/mol. The van der Waals surface area contributed by atoms with Gasteiger partial charge in [0.1, 0.15) is 17.6 Å². The van der Waals surface area contributed by atoms with E-state index in [2.05, 4.69) is 68.2 Å². The highest BCUT2D eigenvalue weighted by Gasteiger charge is 2.46. The molecule has 2 aromatic carbocycles. The number of hydrogen-bond donors (Lipinski definition) is 3. The molecule has 5 amide bonds. The minimum atomic E-state index is -1.00. The van der Waals surface area contributed by atoms with Crippen LogP contribution in [0.15, 0.2) is 65.7 Å². The number of fused-ring (bicyclic) bond motifs is 2. The van der Waals surface area contributed by atoms with E-state index >= 15 is 0 Å². The molecule has 2 atom stereocenters. The van der Waals surface area contributed by atoms with Gasteiger partial charge < -0.3 is 24.5 Å². The minimum absolute atomic E-state index is 0.0777. The van der Waals surface area contributed by atoms with E-state index in [-0.39, 0.29) is 48.0 Å². The summed E-state index contributed by atoms with van der Waals surface area (Å²) in [6, 6.07) is 14.4. The number of piperidine rings is 1. The molecule has 364 valence electrons. The Balaban J connectivity index is 0.751. The van der Waals surface area contributed by atoms with Crippen LogP contribution in [0, 0.1) is 20.8 Å². The highest BCUT2D eigenvalue weighted by Crippen LogP contribution is 2.36. The molecule has 3 N–H and O–H groups in total. The Morgan fingerprint density at radius 2 is 1.59 bits per heavy atom. The van der Waals surface area contributed by atoms with Crippen LogP contribution >= 0.6 is 0 Å². The number of amides is 5. The van der Waals surface area contributed by atoms with Crippen LogP contribution in [0.1, 0.15) is 144 Å². The van der Waals surface area contributed by atoms with Crippen molar-refractivity contribution in [3.63, 3.8) is 0 Å². The SMILES string of the molecule is CC[C@H](C)n1cc(C)c2c(C(=O)NCc3c(C)cc(C)[nH]c3=O)cc(-c3ccc(N4CCN(CCCCCCCCCCOc5cccc6c5C(=O)N(C5CCC(=O)NC5=O)C6=O)CC4)nc3)cc21. The number of piperazine rings is 1. The Kier molecular flexibility index (Phi) is 15.4. The van der Waals surface area contributed by atoms with E-state index in [9.17, 15) is 28.8 Å². The van der Waals surface area contributed by atoms with Crippen LogP contribution < -0.4 is 25.8 Å². The van der Waals surface area contributed by atoms with Crippen molar-refractivity contribution in [2.45, 2.75) is 124 Å². The van der Waals surface area contributed by atoms with Gasteiger partial charge in [0, 0.05) is 90.9 Å². The van der Waals surface area contributed by atoms with E-state index in [1.54, 1.807) is 18.2 Å². The summed E-state index contributed by atoms with van der Waals surface area (Å²) < 4.78 is 8.26. The standard InChI is InChI=1S/C54H66N8O7/c1-6-37(5)61-33-35(3)48-41(50(64)56-32-42-34(2)28-36(4)57-51(42)65)29-39(30-44(48)61)38-18-20-46(55-31-38)60-25-23-59(24-26-60)22-13-11-9-7-8-10-12-14-27-69-45-17-15-16-40-49(45)54(68)62(53(40)67)43-19-21-47(63)58-52(43)66/h15-18,20,28-31,33,37,43H,6-14,19,21-27,32H2,1-5H3,(H,56,64)(H,57,65)(H,58,63,66)/t37-,43?/m0/s1. The summed E-state index contributed by atoms with van der Waals surface area (Å²) >= 11 is 0. The zero-order chi connectivity index (χ0) is 48.8. The van der Waals surface area contributed by atoms with Gasteiger partial charge in [-0.05, 0) is 119 Å². The van der Waals surface area contributed by atoms with Crippen molar-refractivity contribution in [3.8, 4) is 16.9 Å². The molecular weight excluding hydrogens is 873 g/mol. The van der Waals surface area contributed by atoms with Crippen molar-refractivity contribution in [1.29, 1.82) is 0 Å². The highest BCUT2D eigenvalue weighted by atomic mass is 16.5. The molecule has 1 unspecified atom stereocenters. The summed E-state index contributed by atoms with van der Waals surface area (Å²) in [5.41, 5.74) is 6.91. The van der Waals surface area contributed by atoms with Crippen molar-refractivity contribution >= 4 is 46.3 Å². The molecule has 15 nitrogen and oxygen atoms in total. The molecule has 0 saturated carbocycles. The molecule has 3 aliphatic heterocycles. The maximum atomic E-state index is 14.0. The fraction of sp³-hybridized carbons (Fsp3) is 0.463. The van der Waals surface area contributed by atoms with Crippen LogP contribution in [0.4, 0.5) is 5.82 Å². The summed E-state index contributed by atoms with van der Waals surface area (Å²) in [5, 5.41) is 6.20. The first-order chi connectivity index (χ1) is 33.3. The third kappa shape index (κ3) is 10.8. The summed E-state index contributed by atoms with van der Waals surface area (Å²) in [7, 11) is 0. The predicted molar refractivity (Wildman–Crippen MR) is 267 cm³/mol. The second-order valence-corrected chi connectivity index (χ2v) is 19.1. The van der Waals surface area contributed by atoms with Crippen LogP contribution in [-0.4, -0.2) is 99.2 Å². The van der Waals surface area contributed by atoms with Crippen LogP contribution in [0.25, 0.3) is 22.0 Å². The quantitative estimate of drug-likeness (QED) is 0.0513. The number of carbonyl (C=O) groups excluding carboxylic acids is 5. The van der Waals surface area contributed by atoms with Crippen molar-refractivity contribution in [2.75, 3.05) is 44.2 Å². The van der Waals surface area contributed by atoms with Gasteiger partial charge in [-0.3, -0.25) is 43.9 Å². The van der Waals surface area contributed by atoms with Gasteiger partial charge in [0.2, 0.25) is 11.8 Å². The number of nitrogens with zero attached hydrogens (tertiary/aromatic N) is 5. The lowest BCUT2D eigenvalue weighted by Gasteiger charge is -2.35. The number of hydrogen-bond acceptors (Lipinski definition) is 10. The number of anilines is 1. The van der Waals surface area contributed by atoms with Gasteiger partial charge in [-0.25, -0.2) is 4.98 Å². The smallest absolute Gasteiger partial charge is 0.266 e. The van der Waals surface area contributed by atoms with Gasteiger partial charge in [0.25, 0.3) is 23.3 Å². The number of unbranched alkanes of at least 4 members (excludes halogenated alkanes) is 7. The van der Waals surface area contributed by atoms with E-state index in [0.29, 0.717) is 23.5 Å². The minimum Gasteiger partial charge on any atom is -0.493 e. The molecule has 3 aromatic heterocycles. The maximum Gasteiger partial charge on any atom is 0.266 e. The Morgan fingerprint density at radius 1 is 0.855 bits per heavy atom. The Bertz CT molecular complexity index is 2790. The van der Waals surface area contributed by atoms with Crippen molar-refractivity contribution < 1.29 is 28.7 Å². The first-order valence-corrected chi connectivity index (χ1v) is 24.9. The molecule has 2 fully saturated rings. The maximum absolute atomic E-state index is 14.0. The number of nitrogens with one attached hydrogen (secondary N) is 3. The molecule has 15 heteroatoms. The van der Waals surface area contributed by atoms with Crippen molar-refractivity contribution in [2.24, 2.45) is 0 Å². The second kappa shape index (κ2) is 21.8. The van der Waals surface area contributed by atoms with Crippen LogP contribution in [0.3, 0.4) is 0 Å². The summed E-state index contributed by atoms with van der Waals surface area (Å²) in [4.78, 5) is 90.8. The van der Waals surface area contributed by atoms with Crippen molar-refractivity contribution in [1.82, 2.24) is 35.0 Å². The predicted octanol–water partition coefficient (Wildman–Crippen LogP) is 7.94. The number of pyridine rings is 2. The molecule has 8 rings (SSSR count). The molecule has 0 radical (unpaired) electrons. The second-order valence-electron chi connectivity index (χ2n) is 19.1. The fourth-order valence-electron chi connectivity index (χ4n) is 10.1. The normalized spacial score (nSPS) is 16.9. The van der Waals surface area contributed by atoms with Gasteiger partial charge >= 0.3 is 0 Å². The Morgan fingerprint density at radius 3 is 2.29 bits per heavy atom. The highest BCUT2D eigenvalue weighted by molar-refractivity contribution is 6.24. The number of rotatable bonds is 20. The number of aryl methyl sites for hydroxylation is 3. The summed E-state index contributed by atoms with van der Waals surface area (Å²) in [6.07, 6.45) is 14.1. The van der Waals surface area contributed by atoms with Crippen molar-refractivity contribution in [3.05, 3.63) is 110 Å². The van der Waals surface area contributed by atoms with E-state index in [1.165, 1.54) is 25.7 Å². The first kappa shape index (κ1) is 48.8. The zero-order valence-electron chi connectivity index (χ0n) is 40.7. The van der Waals surface area contributed by atoms with E-state index < -0.39 is 29.7 Å². The third-order valence-corrected chi connectivity index (χ3v) is 14.2. The molecule has 5 aromatic rings. The third-order valence-electron chi connectivity index (χ3n) is 14.2. The molecule has 0 spiro atoms. The largest absolute Gasteiger partial charge is 0.493 e. The van der Waals surface area contributed by atoms with Crippen LogP contribution in [0.2, 0.25) is 0 Å². The molecule has 2 saturated heterocycles. The molecule has 0 bridgehead atoms. The lowest BCUT2D eigenvalue weighted by Crippen LogP contribution is -2.54. The zero-order valence-corrected chi connectivity index (χ0v) is 40.7. The van der Waals surface area contributed by atoms with E-state index in [1.807, 2.05) is 39.1 Å². The van der Waals surface area contributed by atoms with Gasteiger partial charge in [0.05, 0.1) is 17.7 Å². The number of imide groups is 2. The molecule has 3 aliphatic rings. The Labute approximate surface area is 404 Å². The average Bonchev–Trinajstić information content (AvgIpc) is 3.81. The van der Waals surface area contributed by atoms with Gasteiger partial charge in [-0.2, -0.15) is 0 Å². The molecule has 69 heavy (non-hydrogen) atoms. The lowest BCUT2D eigenvalue weighted by atomic mass is 9.98. The van der Waals surface area contributed by atoms with Gasteiger partial charge in [0.15, 0.2) is 0 Å². The number of aromatic amines is 1. The summed E-state index contributed by atoms with van der Waals surface area (Å²) in [6.45, 7) is 15.6. The van der Waals surface area contributed by atoms with Gasteiger partial charge in [-0.1, -0.05) is 51.5 Å². The van der Waals surface area contributed by atoms with E-state index in [4.69, 9.17) is 9.72 Å². The van der Waals surface area contributed by atoms with E-state index in [0.717, 1.165) is 114 Å². The number of carbonyl (C=O) groups is 5.